The average Bonchev–Trinajstić information content (AvgIpc) is 2.22. The van der Waals surface area contributed by atoms with Crippen molar-refractivity contribution in [2.45, 2.75) is 0 Å². The second-order valence-corrected chi connectivity index (χ2v) is 4.00. The molecular weight excluding hydrogens is 455 g/mol. The summed E-state index contributed by atoms with van der Waals surface area (Å²) in [5, 5.41) is 34.5. The minimum Gasteiger partial charge on any atom is -0.480 e. The normalized spacial score (nSPS) is 10.2. The molecule has 0 rings (SSSR count). The van der Waals surface area contributed by atoms with Gasteiger partial charge >= 0.3 is 23.9 Å². The van der Waals surface area contributed by atoms with E-state index in [-0.39, 0.29) is 38.9 Å². The standard InChI is InChI=1S/C10H16N2O8.Hf/c13-7(14)3-11(4-8(15)16)1-2-12(5-9(17)18)6-10(19)20;/h1-6H2,(H,13,14)(H,15,16)(H,17,18)(H,19,20);. The Morgan fingerprint density at radius 3 is 0.905 bits per heavy atom. The summed E-state index contributed by atoms with van der Waals surface area (Å²) in [5.74, 6) is -4.91. The van der Waals surface area contributed by atoms with Crippen molar-refractivity contribution in [2.24, 2.45) is 0 Å². The molecule has 0 aliphatic carbocycles. The zero-order valence-electron chi connectivity index (χ0n) is 11.1. The van der Waals surface area contributed by atoms with Gasteiger partial charge in [-0.2, -0.15) is 0 Å². The monoisotopic (exact) mass is 472 g/mol. The maximum Gasteiger partial charge on any atom is 0.317 e. The van der Waals surface area contributed by atoms with Crippen LogP contribution in [0.2, 0.25) is 0 Å². The first-order valence-corrected chi connectivity index (χ1v) is 5.52. The molecule has 0 bridgehead atoms. The quantitative estimate of drug-likeness (QED) is 0.247. The zero-order chi connectivity index (χ0) is 15.7. The fourth-order valence-electron chi connectivity index (χ4n) is 1.48. The van der Waals surface area contributed by atoms with Crippen LogP contribution < -0.4 is 0 Å². The van der Waals surface area contributed by atoms with E-state index in [4.69, 9.17) is 20.4 Å². The topological polar surface area (TPSA) is 156 Å². The van der Waals surface area contributed by atoms with Gasteiger partial charge < -0.3 is 20.4 Å². The van der Waals surface area contributed by atoms with E-state index in [0.717, 1.165) is 9.80 Å². The van der Waals surface area contributed by atoms with Crippen molar-refractivity contribution in [1.29, 1.82) is 0 Å². The number of rotatable bonds is 11. The maximum absolute atomic E-state index is 10.6. The number of hydrogen-bond acceptors (Lipinski definition) is 6. The van der Waals surface area contributed by atoms with Crippen LogP contribution in [0, 0.1) is 0 Å². The Balaban J connectivity index is 0. The largest absolute Gasteiger partial charge is 0.480 e. The predicted molar refractivity (Wildman–Crippen MR) is 63.4 cm³/mol. The van der Waals surface area contributed by atoms with Crippen LogP contribution in [0.5, 0.6) is 0 Å². The Morgan fingerprint density at radius 1 is 0.571 bits per heavy atom. The van der Waals surface area contributed by atoms with E-state index in [1.165, 1.54) is 0 Å². The summed E-state index contributed by atoms with van der Waals surface area (Å²) < 4.78 is 0. The fraction of sp³-hybridized carbons (Fsp3) is 0.600. The summed E-state index contributed by atoms with van der Waals surface area (Å²) in [5.41, 5.74) is 0. The molecule has 0 aromatic rings. The van der Waals surface area contributed by atoms with Gasteiger partial charge in [-0.15, -0.1) is 0 Å². The molecule has 0 unspecified atom stereocenters. The van der Waals surface area contributed by atoms with Gasteiger partial charge in [-0.05, 0) is 0 Å². The SMILES string of the molecule is O=C(O)CN(CCN(CC(=O)O)CC(=O)O)CC(=O)O.[Hf]. The maximum atomic E-state index is 10.6. The second-order valence-electron chi connectivity index (χ2n) is 4.00. The Kier molecular flexibility index (Phi) is 11.9. The average molecular weight is 471 g/mol. The molecule has 0 fully saturated rings. The van der Waals surface area contributed by atoms with Gasteiger partial charge in [0.25, 0.3) is 0 Å². The molecule has 0 amide bonds. The molecule has 21 heavy (non-hydrogen) atoms. The second kappa shape index (κ2) is 11.3. The molecule has 0 spiro atoms. The molecule has 0 aromatic carbocycles. The molecule has 0 saturated heterocycles. The molecule has 0 radical (unpaired) electrons. The molecule has 11 heteroatoms. The van der Waals surface area contributed by atoms with E-state index in [1.54, 1.807) is 0 Å². The molecule has 10 nitrogen and oxygen atoms in total. The molecule has 118 valence electrons. The minimum atomic E-state index is -1.23. The smallest absolute Gasteiger partial charge is 0.317 e. The van der Waals surface area contributed by atoms with Gasteiger partial charge in [0.1, 0.15) is 0 Å². The third kappa shape index (κ3) is 13.4. The van der Waals surface area contributed by atoms with Gasteiger partial charge in [0, 0.05) is 38.9 Å². The van der Waals surface area contributed by atoms with Crippen molar-refractivity contribution in [1.82, 2.24) is 9.80 Å². The minimum absolute atomic E-state index is 0. The Labute approximate surface area is 138 Å². The Bertz CT molecular complexity index is 321. The van der Waals surface area contributed by atoms with Crippen molar-refractivity contribution < 1.29 is 65.4 Å². The molecular formula is C10H16HfN2O8. The van der Waals surface area contributed by atoms with Gasteiger partial charge in [-0.25, -0.2) is 0 Å². The van der Waals surface area contributed by atoms with Crippen LogP contribution in [0.3, 0.4) is 0 Å². The first kappa shape index (κ1) is 22.0. The van der Waals surface area contributed by atoms with Crippen molar-refractivity contribution in [3.8, 4) is 0 Å². The first-order chi connectivity index (χ1) is 9.20. The molecule has 0 aromatic heterocycles. The van der Waals surface area contributed by atoms with Crippen LogP contribution in [0.4, 0.5) is 0 Å². The number of hydrogen-bond donors (Lipinski definition) is 4. The van der Waals surface area contributed by atoms with Crippen LogP contribution in [0.25, 0.3) is 0 Å². The fourth-order valence-corrected chi connectivity index (χ4v) is 1.48. The number of carboxylic acids is 4. The molecule has 0 saturated carbocycles. The summed E-state index contributed by atoms with van der Waals surface area (Å²) in [6.07, 6.45) is 0. The van der Waals surface area contributed by atoms with Crippen molar-refractivity contribution in [2.75, 3.05) is 39.3 Å². The van der Waals surface area contributed by atoms with Crippen LogP contribution >= 0.6 is 0 Å². The number of aliphatic carboxylic acids is 4. The van der Waals surface area contributed by atoms with Crippen molar-refractivity contribution in [3.63, 3.8) is 0 Å². The predicted octanol–water partition coefficient (Wildman–Crippen LogP) is -2.07. The third-order valence-corrected chi connectivity index (χ3v) is 2.17. The van der Waals surface area contributed by atoms with Crippen LogP contribution in [-0.4, -0.2) is 93.4 Å². The summed E-state index contributed by atoms with van der Waals surface area (Å²) in [4.78, 5) is 44.4. The van der Waals surface area contributed by atoms with E-state index < -0.39 is 50.1 Å². The summed E-state index contributed by atoms with van der Waals surface area (Å²) in [6, 6.07) is 0. The van der Waals surface area contributed by atoms with E-state index in [9.17, 15) is 19.2 Å². The van der Waals surface area contributed by atoms with Gasteiger partial charge in [0.05, 0.1) is 26.2 Å². The molecule has 0 aliphatic rings. The van der Waals surface area contributed by atoms with Crippen LogP contribution in [0.15, 0.2) is 0 Å². The Morgan fingerprint density at radius 2 is 0.762 bits per heavy atom. The first-order valence-electron chi connectivity index (χ1n) is 5.52. The molecule has 0 heterocycles. The molecule has 0 aliphatic heterocycles. The van der Waals surface area contributed by atoms with E-state index in [1.807, 2.05) is 0 Å². The van der Waals surface area contributed by atoms with E-state index in [0.29, 0.717) is 0 Å². The summed E-state index contributed by atoms with van der Waals surface area (Å²) in [7, 11) is 0. The number of carboxylic acid groups (broad SMARTS) is 4. The zero-order valence-corrected chi connectivity index (χ0v) is 14.7. The molecule has 0 atom stereocenters. The van der Waals surface area contributed by atoms with Gasteiger partial charge in [0.15, 0.2) is 0 Å². The van der Waals surface area contributed by atoms with Gasteiger partial charge in [-0.1, -0.05) is 0 Å². The third-order valence-electron chi connectivity index (χ3n) is 2.17. The van der Waals surface area contributed by atoms with E-state index in [2.05, 4.69) is 0 Å². The van der Waals surface area contributed by atoms with Crippen molar-refractivity contribution >= 4 is 23.9 Å². The van der Waals surface area contributed by atoms with Crippen LogP contribution in [-0.2, 0) is 45.0 Å². The Hall–Kier alpha value is -1.33. The van der Waals surface area contributed by atoms with Gasteiger partial charge in [-0.3, -0.25) is 29.0 Å². The summed E-state index contributed by atoms with van der Waals surface area (Å²) in [6.45, 7) is -2.25. The number of carbonyl (C=O) groups is 4. The van der Waals surface area contributed by atoms with Crippen LogP contribution in [0.1, 0.15) is 0 Å². The molecule has 4 N–H and O–H groups in total. The number of nitrogens with zero attached hydrogens (tertiary/aromatic N) is 2. The van der Waals surface area contributed by atoms with E-state index >= 15 is 0 Å². The van der Waals surface area contributed by atoms with Gasteiger partial charge in [0.2, 0.25) is 0 Å². The van der Waals surface area contributed by atoms with Crippen molar-refractivity contribution in [3.05, 3.63) is 0 Å². The summed E-state index contributed by atoms with van der Waals surface area (Å²) >= 11 is 0.